The van der Waals surface area contributed by atoms with Crippen molar-refractivity contribution in [2.45, 2.75) is 63.7 Å². The number of amides is 1. The van der Waals surface area contributed by atoms with Crippen molar-refractivity contribution in [2.24, 2.45) is 0 Å². The van der Waals surface area contributed by atoms with Crippen molar-refractivity contribution in [1.29, 1.82) is 0 Å². The lowest BCUT2D eigenvalue weighted by Crippen LogP contribution is -2.40. The first-order valence-electron chi connectivity index (χ1n) is 10.8. The van der Waals surface area contributed by atoms with Gasteiger partial charge in [0.15, 0.2) is 0 Å². The minimum absolute atomic E-state index is 0.0168. The van der Waals surface area contributed by atoms with Gasteiger partial charge in [-0.2, -0.15) is 13.2 Å². The highest BCUT2D eigenvalue weighted by Gasteiger charge is 2.38. The van der Waals surface area contributed by atoms with Crippen LogP contribution in [0.5, 0.6) is 0 Å². The Morgan fingerprint density at radius 2 is 1.94 bits per heavy atom. The maximum atomic E-state index is 13.3. The van der Waals surface area contributed by atoms with Crippen LogP contribution in [0, 0.1) is 0 Å². The van der Waals surface area contributed by atoms with E-state index in [9.17, 15) is 22.8 Å². The van der Waals surface area contributed by atoms with Crippen LogP contribution in [0.1, 0.15) is 57.2 Å². The lowest BCUT2D eigenvalue weighted by atomic mass is 9.94. The number of hydrogen-bond acceptors (Lipinski definition) is 4. The van der Waals surface area contributed by atoms with E-state index in [1.54, 1.807) is 6.07 Å². The molecule has 0 spiro atoms. The van der Waals surface area contributed by atoms with Gasteiger partial charge in [-0.25, -0.2) is 4.98 Å². The summed E-state index contributed by atoms with van der Waals surface area (Å²) in [6.07, 6.45) is 2.00. The molecule has 1 aliphatic rings. The second-order valence-electron chi connectivity index (χ2n) is 8.22. The molecule has 0 saturated heterocycles. The second kappa shape index (κ2) is 9.80. The molecule has 0 bridgehead atoms. The maximum absolute atomic E-state index is 13.3. The molecule has 0 aliphatic heterocycles. The lowest BCUT2D eigenvalue weighted by Gasteiger charge is -2.31. The number of nitrogens with one attached hydrogen (secondary N) is 1. The molecule has 170 valence electrons. The fraction of sp³-hybridized carbons (Fsp3) is 0.591. The largest absolute Gasteiger partial charge is 0.438 e. The topological polar surface area (TPSA) is 67.2 Å². The van der Waals surface area contributed by atoms with Crippen LogP contribution in [-0.4, -0.2) is 46.5 Å². The third-order valence-electron chi connectivity index (χ3n) is 6.02. The summed E-state index contributed by atoms with van der Waals surface area (Å²) in [4.78, 5) is 31.0. The van der Waals surface area contributed by atoms with Gasteiger partial charge in [0.2, 0.25) is 11.6 Å². The summed E-state index contributed by atoms with van der Waals surface area (Å²) in [6, 6.07) is 5.50. The van der Waals surface area contributed by atoms with Crippen molar-refractivity contribution in [3.05, 3.63) is 40.3 Å². The zero-order chi connectivity index (χ0) is 22.6. The Balaban J connectivity index is 1.69. The number of aromatic nitrogens is 2. The van der Waals surface area contributed by atoms with Gasteiger partial charge in [-0.05, 0) is 51.9 Å². The van der Waals surface area contributed by atoms with Crippen molar-refractivity contribution >= 4 is 16.9 Å². The Morgan fingerprint density at radius 1 is 1.26 bits per heavy atom. The van der Waals surface area contributed by atoms with E-state index >= 15 is 0 Å². The van der Waals surface area contributed by atoms with E-state index in [-0.39, 0.29) is 11.0 Å². The van der Waals surface area contributed by atoms with Gasteiger partial charge in [0.25, 0.3) is 5.56 Å². The van der Waals surface area contributed by atoms with Crippen LogP contribution in [0.4, 0.5) is 13.2 Å². The highest BCUT2D eigenvalue weighted by atomic mass is 19.4. The highest BCUT2D eigenvalue weighted by Crippen LogP contribution is 2.27. The molecular weight excluding hydrogens is 409 g/mol. The average Bonchev–Trinajstić information content (AvgIpc) is 2.75. The first-order chi connectivity index (χ1) is 14.7. The number of halogens is 3. The van der Waals surface area contributed by atoms with Crippen molar-refractivity contribution in [3.63, 3.8) is 0 Å². The molecule has 1 atom stereocenters. The summed E-state index contributed by atoms with van der Waals surface area (Å²) >= 11 is 0. The first kappa shape index (κ1) is 23.2. The molecule has 1 aromatic carbocycles. The van der Waals surface area contributed by atoms with E-state index in [1.165, 1.54) is 57.2 Å². The fourth-order valence-electron chi connectivity index (χ4n) is 4.23. The predicted octanol–water partition coefficient (Wildman–Crippen LogP) is 3.75. The van der Waals surface area contributed by atoms with Crippen molar-refractivity contribution < 1.29 is 18.0 Å². The van der Waals surface area contributed by atoms with Crippen molar-refractivity contribution in [1.82, 2.24) is 19.8 Å². The van der Waals surface area contributed by atoms with Crippen molar-refractivity contribution in [3.8, 4) is 0 Å². The van der Waals surface area contributed by atoms with E-state index in [2.05, 4.69) is 22.2 Å². The van der Waals surface area contributed by atoms with Gasteiger partial charge >= 0.3 is 6.18 Å². The molecule has 1 saturated carbocycles. The minimum Gasteiger partial charge on any atom is -0.354 e. The molecule has 1 heterocycles. The SMILES string of the molecule is C[C@@H](C(=O)NCCCN(C)C1CCCCC1)n1c(=O)c(C(F)(F)F)nc2ccccc21. The van der Waals surface area contributed by atoms with Crippen LogP contribution < -0.4 is 10.9 Å². The summed E-state index contributed by atoms with van der Waals surface area (Å²) < 4.78 is 40.8. The standard InChI is InChI=1S/C22H29F3N4O2/c1-15(20(30)26-13-8-14-28(2)16-9-4-3-5-10-16)29-18-12-7-6-11-17(18)27-19(21(29)31)22(23,24)25/h6-7,11-12,15-16H,3-5,8-10,13-14H2,1-2H3,(H,26,30)/t15-/m0/s1. The van der Waals surface area contributed by atoms with Crippen LogP contribution in [-0.2, 0) is 11.0 Å². The molecule has 9 heteroatoms. The molecule has 1 fully saturated rings. The van der Waals surface area contributed by atoms with E-state index in [4.69, 9.17) is 0 Å². The monoisotopic (exact) mass is 438 g/mol. The molecule has 1 N–H and O–H groups in total. The Bertz CT molecular complexity index is 967. The number of rotatable bonds is 7. The molecule has 6 nitrogen and oxygen atoms in total. The number of fused-ring (bicyclic) bond motifs is 1. The number of alkyl halides is 3. The van der Waals surface area contributed by atoms with E-state index in [1.807, 2.05) is 0 Å². The summed E-state index contributed by atoms with van der Waals surface area (Å²) in [6.45, 7) is 2.65. The molecule has 31 heavy (non-hydrogen) atoms. The quantitative estimate of drug-likeness (QED) is 0.669. The number of benzene rings is 1. The van der Waals surface area contributed by atoms with Crippen LogP contribution >= 0.6 is 0 Å². The van der Waals surface area contributed by atoms with Gasteiger partial charge in [-0.3, -0.25) is 14.2 Å². The smallest absolute Gasteiger partial charge is 0.354 e. The minimum atomic E-state index is -4.90. The molecule has 2 aromatic rings. The summed E-state index contributed by atoms with van der Waals surface area (Å²) in [5, 5.41) is 2.76. The number of carbonyl (C=O) groups excluding carboxylic acids is 1. The first-order valence-corrected chi connectivity index (χ1v) is 10.8. The molecule has 0 unspecified atom stereocenters. The zero-order valence-electron chi connectivity index (χ0n) is 17.9. The van der Waals surface area contributed by atoms with E-state index < -0.39 is 29.4 Å². The molecule has 3 rings (SSSR count). The molecule has 1 aromatic heterocycles. The van der Waals surface area contributed by atoms with Gasteiger partial charge in [0.1, 0.15) is 6.04 Å². The second-order valence-corrected chi connectivity index (χ2v) is 8.22. The summed E-state index contributed by atoms with van der Waals surface area (Å²) in [5.41, 5.74) is -2.62. The number of hydrogen-bond donors (Lipinski definition) is 1. The molecular formula is C22H29F3N4O2. The van der Waals surface area contributed by atoms with Gasteiger partial charge in [0.05, 0.1) is 11.0 Å². The molecule has 1 amide bonds. The summed E-state index contributed by atoms with van der Waals surface area (Å²) in [5.74, 6) is -0.494. The Morgan fingerprint density at radius 3 is 2.61 bits per heavy atom. The maximum Gasteiger partial charge on any atom is 0.438 e. The zero-order valence-corrected chi connectivity index (χ0v) is 17.9. The van der Waals surface area contributed by atoms with Gasteiger partial charge in [-0.1, -0.05) is 31.4 Å². The molecule has 1 aliphatic carbocycles. The van der Waals surface area contributed by atoms with Crippen LogP contribution in [0.2, 0.25) is 0 Å². The Kier molecular flexibility index (Phi) is 7.35. The van der Waals surface area contributed by atoms with E-state index in [0.717, 1.165) is 17.5 Å². The van der Waals surface area contributed by atoms with Crippen LogP contribution in [0.3, 0.4) is 0 Å². The fourth-order valence-corrected chi connectivity index (χ4v) is 4.23. The third kappa shape index (κ3) is 5.44. The highest BCUT2D eigenvalue weighted by molar-refractivity contribution is 5.83. The molecule has 0 radical (unpaired) electrons. The van der Waals surface area contributed by atoms with Crippen molar-refractivity contribution in [2.75, 3.05) is 20.1 Å². The third-order valence-corrected chi connectivity index (χ3v) is 6.02. The number of nitrogens with zero attached hydrogens (tertiary/aromatic N) is 3. The van der Waals surface area contributed by atoms with Gasteiger partial charge in [0, 0.05) is 12.6 Å². The lowest BCUT2D eigenvalue weighted by molar-refractivity contribution is -0.142. The van der Waals surface area contributed by atoms with Crippen LogP contribution in [0.15, 0.2) is 29.1 Å². The van der Waals surface area contributed by atoms with Crippen LogP contribution in [0.25, 0.3) is 11.0 Å². The Hall–Kier alpha value is -2.42. The van der Waals surface area contributed by atoms with Gasteiger partial charge in [-0.15, -0.1) is 0 Å². The summed E-state index contributed by atoms with van der Waals surface area (Å²) in [7, 11) is 2.09. The van der Waals surface area contributed by atoms with E-state index in [0.29, 0.717) is 12.6 Å². The average molecular weight is 438 g/mol. The normalized spacial score (nSPS) is 16.6. The number of carbonyl (C=O) groups is 1. The Labute approximate surface area is 179 Å². The predicted molar refractivity (Wildman–Crippen MR) is 113 cm³/mol. The number of para-hydroxylation sites is 2. The van der Waals surface area contributed by atoms with Gasteiger partial charge < -0.3 is 10.2 Å².